The van der Waals surface area contributed by atoms with Gasteiger partial charge < -0.3 is 19.5 Å². The summed E-state index contributed by atoms with van der Waals surface area (Å²) in [5.41, 5.74) is -0.0207. The number of urea groups is 1. The zero-order valence-corrected chi connectivity index (χ0v) is 20.9. The molecule has 0 fully saturated rings. The van der Waals surface area contributed by atoms with Gasteiger partial charge in [0.25, 0.3) is 5.56 Å². The molecule has 0 bridgehead atoms. The molecule has 0 saturated carbocycles. The van der Waals surface area contributed by atoms with Gasteiger partial charge in [-0.2, -0.15) is 18.8 Å². The average Bonchev–Trinajstić information content (AvgIpc) is 3.25. The molecule has 1 atom stereocenters. The Morgan fingerprint density at radius 2 is 1.76 bits per heavy atom. The Labute approximate surface area is 219 Å². The van der Waals surface area contributed by atoms with Crippen LogP contribution in [0.3, 0.4) is 0 Å². The van der Waals surface area contributed by atoms with Crippen molar-refractivity contribution in [3.63, 3.8) is 0 Å². The lowest BCUT2D eigenvalue weighted by Gasteiger charge is -2.21. The van der Waals surface area contributed by atoms with Gasteiger partial charge >= 0.3 is 12.6 Å². The lowest BCUT2D eigenvalue weighted by Crippen LogP contribution is -2.34. The number of methoxy groups -OCH3 is 2. The fraction of sp³-hybridized carbons (Fsp3) is 0.240. The highest BCUT2D eigenvalue weighted by Crippen LogP contribution is 2.38. The van der Waals surface area contributed by atoms with E-state index in [0.717, 1.165) is 10.6 Å². The average molecular weight is 547 g/mol. The largest absolute Gasteiger partial charge is 0.495 e. The van der Waals surface area contributed by atoms with E-state index in [0.29, 0.717) is 16.4 Å². The van der Waals surface area contributed by atoms with Crippen molar-refractivity contribution in [3.05, 3.63) is 74.8 Å². The first-order chi connectivity index (χ1) is 18.2. The summed E-state index contributed by atoms with van der Waals surface area (Å²) in [5, 5.41) is 3.64. The summed E-state index contributed by atoms with van der Waals surface area (Å²) >= 11 is 6.07. The topological polar surface area (TPSA) is 121 Å². The molecule has 0 saturated heterocycles. The van der Waals surface area contributed by atoms with Crippen molar-refractivity contribution in [2.45, 2.75) is 19.1 Å². The standard InChI is InChI=1S/C25H21ClF2N4O6/c1-36-8-7-19(23(34)29-14-4-5-17-18(10-14)31-25(35)30-17)32-12-21(37-2)16(11-22(32)33)15-9-13(26)3-6-20(15)38-24(27)28/h3-6,9-12,19,24H,7-8H2,1-2H3,(H,29,34). The van der Waals surface area contributed by atoms with Crippen molar-refractivity contribution in [3.8, 4) is 22.6 Å². The highest BCUT2D eigenvalue weighted by Gasteiger charge is 2.25. The van der Waals surface area contributed by atoms with Gasteiger partial charge in [-0.25, -0.2) is 4.79 Å². The molecule has 0 radical (unpaired) electrons. The SMILES string of the molecule is COCCC(C(=O)Nc1ccc2c(c1)=NC(=O)N=2)n1cc(OC)c(-c2cc(Cl)ccc2OC(F)F)cc1=O. The van der Waals surface area contributed by atoms with E-state index in [9.17, 15) is 23.2 Å². The zero-order valence-electron chi connectivity index (χ0n) is 20.1. The van der Waals surface area contributed by atoms with E-state index in [1.54, 1.807) is 6.07 Å². The molecule has 10 nitrogen and oxygen atoms in total. The first-order valence-corrected chi connectivity index (χ1v) is 11.5. The summed E-state index contributed by atoms with van der Waals surface area (Å²) in [6.07, 6.45) is 1.42. The minimum Gasteiger partial charge on any atom is -0.495 e. The summed E-state index contributed by atoms with van der Waals surface area (Å²) in [6.45, 7) is -2.97. The number of carbonyl (C=O) groups excluding carboxylic acids is 2. The van der Waals surface area contributed by atoms with E-state index in [1.807, 2.05) is 0 Å². The molecule has 3 aromatic rings. The number of nitrogens with one attached hydrogen (secondary N) is 1. The number of benzene rings is 2. The number of hydrogen-bond donors (Lipinski definition) is 1. The van der Waals surface area contributed by atoms with Gasteiger partial charge in [0.1, 0.15) is 17.5 Å². The van der Waals surface area contributed by atoms with Crippen molar-refractivity contribution in [2.24, 2.45) is 9.98 Å². The Morgan fingerprint density at radius 1 is 1.03 bits per heavy atom. The van der Waals surface area contributed by atoms with E-state index < -0.39 is 30.2 Å². The van der Waals surface area contributed by atoms with E-state index >= 15 is 0 Å². The third kappa shape index (κ3) is 5.87. The molecule has 1 N–H and O–H groups in total. The number of alkyl halides is 2. The highest BCUT2D eigenvalue weighted by atomic mass is 35.5. The number of halogens is 3. The Bertz CT molecular complexity index is 1580. The predicted molar refractivity (Wildman–Crippen MR) is 133 cm³/mol. The maximum atomic E-state index is 13.3. The number of hydrogen-bond acceptors (Lipinski definition) is 6. The van der Waals surface area contributed by atoms with E-state index in [4.69, 9.17) is 21.1 Å². The second kappa shape index (κ2) is 11.5. The van der Waals surface area contributed by atoms with Crippen molar-refractivity contribution in [1.82, 2.24) is 4.57 Å². The molecule has 1 aliphatic heterocycles. The monoisotopic (exact) mass is 546 g/mol. The minimum absolute atomic E-state index is 0.109. The number of rotatable bonds is 10. The van der Waals surface area contributed by atoms with Crippen LogP contribution >= 0.6 is 11.6 Å². The van der Waals surface area contributed by atoms with Crippen molar-refractivity contribution < 1.29 is 32.6 Å². The molecule has 1 aromatic heterocycles. The van der Waals surface area contributed by atoms with Crippen LogP contribution in [0.1, 0.15) is 12.5 Å². The van der Waals surface area contributed by atoms with Crippen LogP contribution in [-0.2, 0) is 9.53 Å². The summed E-state index contributed by atoms with van der Waals surface area (Å²) in [5.74, 6) is -0.650. The number of aromatic nitrogens is 1. The van der Waals surface area contributed by atoms with Gasteiger partial charge in [0.15, 0.2) is 0 Å². The maximum Gasteiger partial charge on any atom is 0.387 e. The van der Waals surface area contributed by atoms with Crippen molar-refractivity contribution >= 4 is 29.2 Å². The molecule has 1 aliphatic rings. The molecular formula is C25H21ClF2N4O6. The summed E-state index contributed by atoms with van der Waals surface area (Å²) in [7, 11) is 2.78. The van der Waals surface area contributed by atoms with Crippen LogP contribution in [0.25, 0.3) is 11.1 Å². The fourth-order valence-corrected chi connectivity index (χ4v) is 4.10. The Kier molecular flexibility index (Phi) is 8.13. The van der Waals surface area contributed by atoms with E-state index in [1.165, 1.54) is 50.7 Å². The first-order valence-electron chi connectivity index (χ1n) is 11.2. The Hall–Kier alpha value is -4.16. The molecule has 3 amide bonds. The fourth-order valence-electron chi connectivity index (χ4n) is 3.92. The Morgan fingerprint density at radius 3 is 2.47 bits per heavy atom. The van der Waals surface area contributed by atoms with Gasteiger partial charge in [0, 0.05) is 48.0 Å². The Balaban J connectivity index is 1.73. The zero-order chi connectivity index (χ0) is 27.4. The van der Waals surface area contributed by atoms with Gasteiger partial charge in [-0.3, -0.25) is 14.2 Å². The van der Waals surface area contributed by atoms with Crippen LogP contribution in [-0.4, -0.2) is 43.9 Å². The molecule has 0 aliphatic carbocycles. The number of fused-ring (bicyclic) bond motifs is 1. The third-order valence-electron chi connectivity index (χ3n) is 5.62. The van der Waals surface area contributed by atoms with Crippen LogP contribution in [0.4, 0.5) is 19.3 Å². The molecular weight excluding hydrogens is 526 g/mol. The number of ether oxygens (including phenoxy) is 3. The number of pyridine rings is 1. The molecule has 0 spiro atoms. The lowest BCUT2D eigenvalue weighted by atomic mass is 10.0. The van der Waals surface area contributed by atoms with Gasteiger partial charge in [0.05, 0.1) is 24.0 Å². The predicted octanol–water partition coefficient (Wildman–Crippen LogP) is 3.37. The summed E-state index contributed by atoms with van der Waals surface area (Å²) in [6, 6.07) is 8.05. The van der Waals surface area contributed by atoms with Gasteiger partial charge in [-0.1, -0.05) is 11.6 Å². The van der Waals surface area contributed by atoms with Crippen LogP contribution in [0.5, 0.6) is 11.5 Å². The molecule has 13 heteroatoms. The molecule has 198 valence electrons. The number of nitrogens with zero attached hydrogens (tertiary/aromatic N) is 3. The van der Waals surface area contributed by atoms with Crippen molar-refractivity contribution in [1.29, 1.82) is 0 Å². The minimum atomic E-state index is -3.11. The maximum absolute atomic E-state index is 13.3. The normalized spacial score (nSPS) is 12.9. The van der Waals surface area contributed by atoms with Gasteiger partial charge in [0.2, 0.25) is 5.91 Å². The molecule has 1 unspecified atom stereocenters. The second-order valence-corrected chi connectivity index (χ2v) is 8.45. The number of carbonyl (C=O) groups is 2. The van der Waals surface area contributed by atoms with Crippen molar-refractivity contribution in [2.75, 3.05) is 26.1 Å². The first kappa shape index (κ1) is 26.9. The van der Waals surface area contributed by atoms with Crippen LogP contribution in [0, 0.1) is 0 Å². The third-order valence-corrected chi connectivity index (χ3v) is 5.86. The van der Waals surface area contributed by atoms with Gasteiger partial charge in [-0.05, 0) is 36.4 Å². The van der Waals surface area contributed by atoms with E-state index in [2.05, 4.69) is 20.0 Å². The molecule has 4 rings (SSSR count). The summed E-state index contributed by atoms with van der Waals surface area (Å²) < 4.78 is 42.3. The van der Waals surface area contributed by atoms with E-state index in [-0.39, 0.29) is 40.7 Å². The van der Waals surface area contributed by atoms with Crippen LogP contribution < -0.4 is 31.1 Å². The van der Waals surface area contributed by atoms with Gasteiger partial charge in [-0.15, -0.1) is 0 Å². The molecule has 2 heterocycles. The smallest absolute Gasteiger partial charge is 0.387 e. The molecule has 38 heavy (non-hydrogen) atoms. The van der Waals surface area contributed by atoms with Crippen LogP contribution in [0.15, 0.2) is 63.4 Å². The number of amides is 3. The van der Waals surface area contributed by atoms with Crippen LogP contribution in [0.2, 0.25) is 5.02 Å². The summed E-state index contributed by atoms with van der Waals surface area (Å²) in [4.78, 5) is 45.5. The lowest BCUT2D eigenvalue weighted by molar-refractivity contribution is -0.119. The second-order valence-electron chi connectivity index (χ2n) is 8.02. The number of anilines is 1. The highest BCUT2D eigenvalue weighted by molar-refractivity contribution is 6.31. The molecule has 2 aromatic carbocycles. The quantitative estimate of drug-likeness (QED) is 0.416.